The van der Waals surface area contributed by atoms with Crippen LogP contribution in [0.5, 0.6) is 6.01 Å². The van der Waals surface area contributed by atoms with Gasteiger partial charge in [-0.15, -0.1) is 0 Å². The summed E-state index contributed by atoms with van der Waals surface area (Å²) in [5.41, 5.74) is 5.54. The maximum atomic E-state index is 8.90. The third-order valence-corrected chi connectivity index (χ3v) is 1.99. The Morgan fingerprint density at radius 3 is 2.82 bits per heavy atom. The number of hydrogen-bond acceptors (Lipinski definition) is 7. The molecule has 96 valence electrons. The lowest BCUT2D eigenvalue weighted by Crippen LogP contribution is -2.17. The van der Waals surface area contributed by atoms with Gasteiger partial charge in [-0.3, -0.25) is 0 Å². The van der Waals surface area contributed by atoms with Gasteiger partial charge in [0.05, 0.1) is 6.61 Å². The van der Waals surface area contributed by atoms with E-state index in [1.807, 2.05) is 13.8 Å². The zero-order chi connectivity index (χ0) is 12.7. The second kappa shape index (κ2) is 6.85. The highest BCUT2D eigenvalue weighted by atomic mass is 16.5. The summed E-state index contributed by atoms with van der Waals surface area (Å²) in [5.74, 6) is 0.599. The molecule has 0 saturated heterocycles. The molecule has 0 spiro atoms. The second-order valence-electron chi connectivity index (χ2n) is 3.82. The number of nitrogens with one attached hydrogen (secondary N) is 1. The van der Waals surface area contributed by atoms with Crippen LogP contribution >= 0.6 is 0 Å². The van der Waals surface area contributed by atoms with E-state index in [0.717, 1.165) is 6.42 Å². The molecule has 1 rings (SSSR count). The summed E-state index contributed by atoms with van der Waals surface area (Å²) in [6.07, 6.45) is 0.871. The zero-order valence-electron chi connectivity index (χ0n) is 10.2. The molecule has 4 N–H and O–H groups in total. The molecule has 1 unspecified atom stereocenters. The predicted octanol–water partition coefficient (Wildman–Crippen LogP) is 0.283. The first kappa shape index (κ1) is 13.4. The lowest BCUT2D eigenvalue weighted by molar-refractivity contribution is 0.244. The number of aromatic nitrogens is 3. The number of ether oxygens (including phenoxy) is 1. The van der Waals surface area contributed by atoms with E-state index in [0.29, 0.717) is 19.1 Å². The van der Waals surface area contributed by atoms with Gasteiger partial charge in [0.1, 0.15) is 0 Å². The Labute approximate surface area is 100 Å². The van der Waals surface area contributed by atoms with Crippen LogP contribution in [0.2, 0.25) is 0 Å². The third-order valence-electron chi connectivity index (χ3n) is 1.99. The molecule has 0 bridgehead atoms. The number of aliphatic hydroxyl groups is 1. The highest BCUT2D eigenvalue weighted by Crippen LogP contribution is 2.09. The Morgan fingerprint density at radius 2 is 2.18 bits per heavy atom. The minimum absolute atomic E-state index is 0.104. The van der Waals surface area contributed by atoms with Crippen LogP contribution in [0.3, 0.4) is 0 Å². The Hall–Kier alpha value is -1.63. The first-order chi connectivity index (χ1) is 8.15. The van der Waals surface area contributed by atoms with E-state index in [9.17, 15) is 0 Å². The highest BCUT2D eigenvalue weighted by Gasteiger charge is 2.06. The summed E-state index contributed by atoms with van der Waals surface area (Å²) >= 11 is 0. The van der Waals surface area contributed by atoms with E-state index >= 15 is 0 Å². The maximum absolute atomic E-state index is 8.90. The van der Waals surface area contributed by atoms with Gasteiger partial charge in [0, 0.05) is 13.2 Å². The van der Waals surface area contributed by atoms with Gasteiger partial charge in [0.25, 0.3) is 0 Å². The molecular weight excluding hydrogens is 222 g/mol. The number of aliphatic hydroxyl groups excluding tert-OH is 1. The predicted molar refractivity (Wildman–Crippen MR) is 64.8 cm³/mol. The van der Waals surface area contributed by atoms with Gasteiger partial charge in [0.2, 0.25) is 11.9 Å². The van der Waals surface area contributed by atoms with Crippen LogP contribution in [0.25, 0.3) is 0 Å². The van der Waals surface area contributed by atoms with Gasteiger partial charge in [-0.25, -0.2) is 0 Å². The van der Waals surface area contributed by atoms with Crippen molar-refractivity contribution in [1.29, 1.82) is 0 Å². The number of hydrogen-bond donors (Lipinski definition) is 3. The Kier molecular flexibility index (Phi) is 5.41. The minimum atomic E-state index is 0.104. The molecule has 0 aliphatic carbocycles. The van der Waals surface area contributed by atoms with Crippen LogP contribution in [-0.2, 0) is 0 Å². The van der Waals surface area contributed by atoms with Crippen LogP contribution in [0.4, 0.5) is 11.9 Å². The van der Waals surface area contributed by atoms with Gasteiger partial charge < -0.3 is 20.9 Å². The average Bonchev–Trinajstić information content (AvgIpc) is 2.32. The lowest BCUT2D eigenvalue weighted by Gasteiger charge is -2.10. The smallest absolute Gasteiger partial charge is 0.323 e. The molecule has 0 aliphatic rings. The summed E-state index contributed by atoms with van der Waals surface area (Å²) in [7, 11) is 0. The topological polar surface area (TPSA) is 106 Å². The van der Waals surface area contributed by atoms with Gasteiger partial charge in [-0.2, -0.15) is 15.0 Å². The van der Waals surface area contributed by atoms with Crippen LogP contribution in [-0.4, -0.2) is 39.8 Å². The Balaban J connectivity index is 2.61. The number of nitrogens with zero attached hydrogens (tertiary/aromatic N) is 3. The lowest BCUT2D eigenvalue weighted by atomic mass is 10.2. The number of rotatable bonds is 7. The molecule has 1 heterocycles. The molecule has 7 heteroatoms. The monoisotopic (exact) mass is 241 g/mol. The van der Waals surface area contributed by atoms with Crippen LogP contribution in [0.15, 0.2) is 0 Å². The van der Waals surface area contributed by atoms with Crippen molar-refractivity contribution in [3.63, 3.8) is 0 Å². The largest absolute Gasteiger partial charge is 0.463 e. The summed E-state index contributed by atoms with van der Waals surface area (Å²) < 4.78 is 5.28. The maximum Gasteiger partial charge on any atom is 0.323 e. The molecule has 1 atom stereocenters. The van der Waals surface area contributed by atoms with Crippen molar-refractivity contribution in [2.45, 2.75) is 20.3 Å². The molecule has 7 nitrogen and oxygen atoms in total. The normalized spacial score (nSPS) is 12.2. The zero-order valence-corrected chi connectivity index (χ0v) is 10.2. The SMILES string of the molecule is CCCOc1nc(N)nc(NCC(C)CO)n1. The van der Waals surface area contributed by atoms with Gasteiger partial charge in [-0.05, 0) is 12.3 Å². The van der Waals surface area contributed by atoms with E-state index in [1.54, 1.807) is 0 Å². The Bertz CT molecular complexity index is 347. The van der Waals surface area contributed by atoms with E-state index in [1.165, 1.54) is 0 Å². The van der Waals surface area contributed by atoms with Crippen LogP contribution in [0, 0.1) is 5.92 Å². The van der Waals surface area contributed by atoms with Crippen LogP contribution < -0.4 is 15.8 Å². The molecule has 0 aliphatic heterocycles. The van der Waals surface area contributed by atoms with E-state index in [2.05, 4.69) is 20.3 Å². The number of nitrogens with two attached hydrogens (primary N) is 1. The number of anilines is 2. The fourth-order valence-electron chi connectivity index (χ4n) is 1.04. The fraction of sp³-hybridized carbons (Fsp3) is 0.700. The van der Waals surface area contributed by atoms with Gasteiger partial charge in [-0.1, -0.05) is 13.8 Å². The average molecular weight is 241 g/mol. The van der Waals surface area contributed by atoms with E-state index in [4.69, 9.17) is 15.6 Å². The first-order valence-electron chi connectivity index (χ1n) is 5.64. The van der Waals surface area contributed by atoms with Gasteiger partial charge in [0.15, 0.2) is 0 Å². The molecule has 0 radical (unpaired) electrons. The summed E-state index contributed by atoms with van der Waals surface area (Å²) in [4.78, 5) is 11.9. The molecule has 0 amide bonds. The van der Waals surface area contributed by atoms with Crippen molar-refractivity contribution in [1.82, 2.24) is 15.0 Å². The van der Waals surface area contributed by atoms with Crippen molar-refractivity contribution >= 4 is 11.9 Å². The minimum Gasteiger partial charge on any atom is -0.463 e. The molecule has 1 aromatic rings. The summed E-state index contributed by atoms with van der Waals surface area (Å²) in [6, 6.07) is 0.221. The molecule has 17 heavy (non-hydrogen) atoms. The van der Waals surface area contributed by atoms with Crippen molar-refractivity contribution in [2.24, 2.45) is 5.92 Å². The summed E-state index contributed by atoms with van der Waals surface area (Å²) in [5, 5.41) is 11.9. The molecule has 0 aromatic carbocycles. The van der Waals surface area contributed by atoms with Crippen molar-refractivity contribution in [2.75, 3.05) is 30.8 Å². The van der Waals surface area contributed by atoms with Crippen molar-refractivity contribution < 1.29 is 9.84 Å². The quantitative estimate of drug-likeness (QED) is 0.629. The molecule has 0 fully saturated rings. The third kappa shape index (κ3) is 4.81. The first-order valence-corrected chi connectivity index (χ1v) is 5.64. The summed E-state index contributed by atoms with van der Waals surface area (Å²) in [6.45, 7) is 5.11. The van der Waals surface area contributed by atoms with Gasteiger partial charge >= 0.3 is 6.01 Å². The van der Waals surface area contributed by atoms with E-state index in [-0.39, 0.29) is 24.5 Å². The highest BCUT2D eigenvalue weighted by molar-refractivity contribution is 5.32. The standard InChI is InChI=1S/C10H19N5O2/c1-3-4-17-10-14-8(11)13-9(15-10)12-5-7(2)6-16/h7,16H,3-6H2,1-2H3,(H3,11,12,13,14,15). The second-order valence-corrected chi connectivity index (χ2v) is 3.82. The Morgan fingerprint density at radius 1 is 1.41 bits per heavy atom. The van der Waals surface area contributed by atoms with Crippen molar-refractivity contribution in [3.8, 4) is 6.01 Å². The molecule has 1 aromatic heterocycles. The molecular formula is C10H19N5O2. The van der Waals surface area contributed by atoms with E-state index < -0.39 is 0 Å². The van der Waals surface area contributed by atoms with Crippen molar-refractivity contribution in [3.05, 3.63) is 0 Å². The number of nitrogen functional groups attached to an aromatic ring is 1. The fourth-order valence-corrected chi connectivity index (χ4v) is 1.04. The van der Waals surface area contributed by atoms with Crippen LogP contribution in [0.1, 0.15) is 20.3 Å². The molecule has 0 saturated carbocycles.